The molecule has 0 saturated heterocycles. The smallest absolute Gasteiger partial charge is 0.237 e. The van der Waals surface area contributed by atoms with Crippen molar-refractivity contribution in [2.45, 2.75) is 18.0 Å². The number of halogens is 3. The number of hydrogen-bond acceptors (Lipinski definition) is 3. The van der Waals surface area contributed by atoms with Gasteiger partial charge in [-0.3, -0.25) is 0 Å². The van der Waals surface area contributed by atoms with E-state index in [2.05, 4.69) is 5.10 Å². The molecule has 108 valence electrons. The summed E-state index contributed by atoms with van der Waals surface area (Å²) in [6, 6.07) is 4.20. The van der Waals surface area contributed by atoms with E-state index in [0.717, 1.165) is 18.3 Å². The maximum Gasteiger partial charge on any atom is 0.416 e. The van der Waals surface area contributed by atoms with Gasteiger partial charge in [0.25, 0.3) is 0 Å². The van der Waals surface area contributed by atoms with Gasteiger partial charge >= 0.3 is 6.18 Å². The highest BCUT2D eigenvalue weighted by Crippen LogP contribution is 2.29. The van der Waals surface area contributed by atoms with Crippen molar-refractivity contribution in [3.63, 3.8) is 0 Å². The Morgan fingerprint density at radius 2 is 1.75 bits per heavy atom. The Kier molecular flexibility index (Phi) is 3.34. The molecular weight excluding hydrogens is 295 g/mol. The quantitative estimate of drug-likeness (QED) is 0.919. The minimum Gasteiger partial charge on any atom is -0.237 e. The minimum atomic E-state index is -4.43. The largest absolute Gasteiger partial charge is 0.416 e. The molecular formula is C11H10F3N3O2S. The zero-order valence-electron chi connectivity index (χ0n) is 10.2. The number of primary sulfonamides is 1. The van der Waals surface area contributed by atoms with Crippen molar-refractivity contribution < 1.29 is 21.6 Å². The molecule has 0 spiro atoms. The summed E-state index contributed by atoms with van der Waals surface area (Å²) >= 11 is 0. The Labute approximate surface area is 112 Å². The first-order valence-corrected chi connectivity index (χ1v) is 6.90. The molecule has 0 radical (unpaired) electrons. The lowest BCUT2D eigenvalue weighted by Gasteiger charge is -2.09. The number of benzene rings is 1. The molecule has 0 fully saturated rings. The standard InChI is InChI=1S/C11H10F3N3O2S/c1-7-10(20(15,18)19)6-16-17(7)9-4-2-8(3-5-9)11(12,13)14/h2-6H,1H3,(H2,15,18,19). The van der Waals surface area contributed by atoms with Crippen molar-refractivity contribution in [1.29, 1.82) is 0 Å². The molecule has 20 heavy (non-hydrogen) atoms. The topological polar surface area (TPSA) is 78.0 Å². The maximum atomic E-state index is 12.4. The summed E-state index contributed by atoms with van der Waals surface area (Å²) in [4.78, 5) is -0.169. The van der Waals surface area contributed by atoms with Crippen molar-refractivity contribution in [1.82, 2.24) is 9.78 Å². The Hall–Kier alpha value is -1.87. The summed E-state index contributed by atoms with van der Waals surface area (Å²) in [6.45, 7) is 1.46. The highest BCUT2D eigenvalue weighted by Gasteiger charge is 2.30. The number of aromatic nitrogens is 2. The van der Waals surface area contributed by atoms with Crippen LogP contribution in [0.15, 0.2) is 35.4 Å². The summed E-state index contributed by atoms with van der Waals surface area (Å²) in [7, 11) is -3.92. The van der Waals surface area contributed by atoms with Crippen molar-refractivity contribution in [2.75, 3.05) is 0 Å². The molecule has 0 unspecified atom stereocenters. The van der Waals surface area contributed by atoms with E-state index in [1.54, 1.807) is 0 Å². The third-order valence-electron chi connectivity index (χ3n) is 2.71. The van der Waals surface area contributed by atoms with E-state index in [0.29, 0.717) is 5.69 Å². The minimum absolute atomic E-state index is 0.169. The van der Waals surface area contributed by atoms with Crippen LogP contribution in [0.1, 0.15) is 11.3 Å². The summed E-state index contributed by atoms with van der Waals surface area (Å²) in [5.41, 5.74) is -0.254. The lowest BCUT2D eigenvalue weighted by atomic mass is 10.2. The van der Waals surface area contributed by atoms with Crippen LogP contribution in [0.5, 0.6) is 0 Å². The molecule has 5 nitrogen and oxygen atoms in total. The van der Waals surface area contributed by atoms with E-state index in [-0.39, 0.29) is 10.6 Å². The first-order valence-electron chi connectivity index (χ1n) is 5.36. The highest BCUT2D eigenvalue weighted by molar-refractivity contribution is 7.89. The van der Waals surface area contributed by atoms with Crippen LogP contribution >= 0.6 is 0 Å². The van der Waals surface area contributed by atoms with Crippen molar-refractivity contribution in [2.24, 2.45) is 5.14 Å². The molecule has 1 heterocycles. The number of hydrogen-bond donors (Lipinski definition) is 1. The van der Waals surface area contributed by atoms with Crippen LogP contribution < -0.4 is 5.14 Å². The second-order valence-corrected chi connectivity index (χ2v) is 5.63. The van der Waals surface area contributed by atoms with Gasteiger partial charge in [-0.25, -0.2) is 18.2 Å². The number of nitrogens with two attached hydrogens (primary N) is 1. The Morgan fingerprint density at radius 3 is 2.15 bits per heavy atom. The zero-order valence-corrected chi connectivity index (χ0v) is 11.0. The fourth-order valence-electron chi connectivity index (χ4n) is 1.73. The lowest BCUT2D eigenvalue weighted by Crippen LogP contribution is -2.13. The molecule has 0 aliphatic rings. The number of nitrogens with zero attached hydrogens (tertiary/aromatic N) is 2. The second kappa shape index (κ2) is 4.60. The van der Waals surface area contributed by atoms with Gasteiger partial charge in [-0.1, -0.05) is 0 Å². The maximum absolute atomic E-state index is 12.4. The molecule has 0 bridgehead atoms. The van der Waals surface area contributed by atoms with Gasteiger partial charge in [-0.15, -0.1) is 0 Å². The summed E-state index contributed by atoms with van der Waals surface area (Å²) in [6.07, 6.45) is -3.37. The van der Waals surface area contributed by atoms with Gasteiger partial charge < -0.3 is 0 Å². The molecule has 0 saturated carbocycles. The fourth-order valence-corrected chi connectivity index (χ4v) is 2.42. The zero-order chi connectivity index (χ0) is 15.1. The van der Waals surface area contributed by atoms with Gasteiger partial charge in [-0.2, -0.15) is 18.3 Å². The molecule has 2 N–H and O–H groups in total. The van der Waals surface area contributed by atoms with Crippen LogP contribution in [0.3, 0.4) is 0 Å². The monoisotopic (exact) mass is 305 g/mol. The van der Waals surface area contributed by atoms with Crippen LogP contribution in [-0.2, 0) is 16.2 Å². The molecule has 0 aliphatic carbocycles. The summed E-state index contributed by atoms with van der Waals surface area (Å²) in [5.74, 6) is 0. The molecule has 1 aromatic carbocycles. The van der Waals surface area contributed by atoms with Crippen LogP contribution in [0, 0.1) is 6.92 Å². The summed E-state index contributed by atoms with van der Waals surface area (Å²) < 4.78 is 61.1. The van der Waals surface area contributed by atoms with Crippen LogP contribution in [0.4, 0.5) is 13.2 Å². The Balaban J connectivity index is 2.46. The fraction of sp³-hybridized carbons (Fsp3) is 0.182. The number of alkyl halides is 3. The van der Waals surface area contributed by atoms with Gasteiger partial charge in [-0.05, 0) is 31.2 Å². The van der Waals surface area contributed by atoms with Crippen LogP contribution in [0.25, 0.3) is 5.69 Å². The first-order chi connectivity index (χ1) is 9.10. The van der Waals surface area contributed by atoms with Gasteiger partial charge in [0.05, 0.1) is 23.1 Å². The van der Waals surface area contributed by atoms with Gasteiger partial charge in [0.15, 0.2) is 0 Å². The number of rotatable bonds is 2. The number of sulfonamides is 1. The lowest BCUT2D eigenvalue weighted by molar-refractivity contribution is -0.137. The van der Waals surface area contributed by atoms with E-state index < -0.39 is 21.8 Å². The third-order valence-corrected chi connectivity index (χ3v) is 3.72. The Bertz CT molecular complexity index is 733. The SMILES string of the molecule is Cc1c(S(N)(=O)=O)cnn1-c1ccc(C(F)(F)F)cc1. The Morgan fingerprint density at radius 1 is 1.20 bits per heavy atom. The molecule has 2 rings (SSSR count). The van der Waals surface area contributed by atoms with E-state index in [1.165, 1.54) is 23.7 Å². The van der Waals surface area contributed by atoms with E-state index in [9.17, 15) is 21.6 Å². The summed E-state index contributed by atoms with van der Waals surface area (Å²) in [5, 5.41) is 8.82. The predicted octanol–water partition coefficient (Wildman–Crippen LogP) is 1.85. The van der Waals surface area contributed by atoms with Crippen molar-refractivity contribution >= 4 is 10.0 Å². The van der Waals surface area contributed by atoms with Crippen LogP contribution in [0.2, 0.25) is 0 Å². The van der Waals surface area contributed by atoms with Crippen molar-refractivity contribution in [3.8, 4) is 5.69 Å². The molecule has 0 amide bonds. The molecule has 2 aromatic rings. The highest BCUT2D eigenvalue weighted by atomic mass is 32.2. The van der Waals surface area contributed by atoms with Gasteiger partial charge in [0, 0.05) is 0 Å². The van der Waals surface area contributed by atoms with Gasteiger partial charge in [0.2, 0.25) is 10.0 Å². The van der Waals surface area contributed by atoms with Crippen molar-refractivity contribution in [3.05, 3.63) is 41.7 Å². The molecule has 0 atom stereocenters. The van der Waals surface area contributed by atoms with Crippen LogP contribution in [-0.4, -0.2) is 18.2 Å². The average molecular weight is 305 g/mol. The van der Waals surface area contributed by atoms with E-state index in [1.807, 2.05) is 0 Å². The normalized spacial score (nSPS) is 12.7. The molecule has 1 aromatic heterocycles. The van der Waals surface area contributed by atoms with E-state index in [4.69, 9.17) is 5.14 Å². The third kappa shape index (κ3) is 2.68. The van der Waals surface area contributed by atoms with Gasteiger partial charge in [0.1, 0.15) is 4.90 Å². The predicted molar refractivity (Wildman–Crippen MR) is 64.7 cm³/mol. The second-order valence-electron chi connectivity index (χ2n) is 4.10. The molecule has 0 aliphatic heterocycles. The first kappa shape index (κ1) is 14.5. The molecule has 9 heteroatoms. The van der Waals surface area contributed by atoms with E-state index >= 15 is 0 Å². The average Bonchev–Trinajstić information content (AvgIpc) is 2.70.